The average Bonchev–Trinajstić information content (AvgIpc) is 3.64. The van der Waals surface area contributed by atoms with Crippen LogP contribution in [0.1, 0.15) is 59.9 Å². The fourth-order valence-electron chi connectivity index (χ4n) is 7.19. The molecule has 2 saturated carbocycles. The topological polar surface area (TPSA) is 108 Å². The molecule has 8 heteroatoms. The number of carbonyl (C=O) groups excluding carboxylic acids is 4. The maximum atomic E-state index is 14.5. The third kappa shape index (κ3) is 5.02. The van der Waals surface area contributed by atoms with Crippen molar-refractivity contribution in [3.05, 3.63) is 53.6 Å². The lowest BCUT2D eigenvalue weighted by molar-refractivity contribution is -0.171. The first-order chi connectivity index (χ1) is 18.8. The van der Waals surface area contributed by atoms with Crippen LogP contribution in [-0.2, 0) is 38.1 Å². The lowest BCUT2D eigenvalue weighted by Gasteiger charge is -2.35. The van der Waals surface area contributed by atoms with Crippen molar-refractivity contribution in [2.75, 3.05) is 6.61 Å². The van der Waals surface area contributed by atoms with Gasteiger partial charge < -0.3 is 18.9 Å². The fraction of sp³-hybridized carbons (Fsp3) is 0.562. The highest BCUT2D eigenvalue weighted by atomic mass is 16.6. The molecule has 40 heavy (non-hydrogen) atoms. The molecule has 4 aliphatic rings. The molecule has 0 N–H and O–H groups in total. The van der Waals surface area contributed by atoms with E-state index in [-0.39, 0.29) is 30.1 Å². The van der Waals surface area contributed by atoms with Crippen LogP contribution in [0.2, 0.25) is 0 Å². The fourth-order valence-corrected chi connectivity index (χ4v) is 7.19. The van der Waals surface area contributed by atoms with Crippen molar-refractivity contribution >= 4 is 29.8 Å². The van der Waals surface area contributed by atoms with Gasteiger partial charge in [0.15, 0.2) is 5.60 Å². The minimum absolute atomic E-state index is 0.00983. The number of ether oxygens (including phenoxy) is 4. The van der Waals surface area contributed by atoms with Gasteiger partial charge in [-0.3, -0.25) is 14.4 Å². The molecule has 0 spiro atoms. The molecule has 1 aromatic rings. The third-order valence-electron chi connectivity index (χ3n) is 9.42. The second-order valence-corrected chi connectivity index (χ2v) is 12.6. The second-order valence-electron chi connectivity index (χ2n) is 12.6. The Kier molecular flexibility index (Phi) is 7.06. The number of hydrogen-bond acceptors (Lipinski definition) is 8. The smallest absolute Gasteiger partial charge is 0.331 e. The molecule has 5 rings (SSSR count). The Hall–Kier alpha value is -3.26. The van der Waals surface area contributed by atoms with Gasteiger partial charge in [-0.1, -0.05) is 50.3 Å². The Bertz CT molecular complexity index is 1280. The third-order valence-corrected chi connectivity index (χ3v) is 9.42. The van der Waals surface area contributed by atoms with Gasteiger partial charge in [-0.15, -0.1) is 0 Å². The number of ketones is 1. The Morgan fingerprint density at radius 2 is 1.75 bits per heavy atom. The van der Waals surface area contributed by atoms with E-state index in [1.807, 2.05) is 43.3 Å². The summed E-state index contributed by atoms with van der Waals surface area (Å²) in [4.78, 5) is 51.9. The number of fused-ring (bicyclic) bond motifs is 4. The zero-order valence-corrected chi connectivity index (χ0v) is 24.0. The molecule has 8 atom stereocenters. The van der Waals surface area contributed by atoms with Gasteiger partial charge in [0.25, 0.3) is 0 Å². The van der Waals surface area contributed by atoms with E-state index in [1.165, 1.54) is 19.9 Å². The minimum atomic E-state index is -1.67. The summed E-state index contributed by atoms with van der Waals surface area (Å²) in [5.41, 5.74) is -0.927. The van der Waals surface area contributed by atoms with Gasteiger partial charge >= 0.3 is 17.9 Å². The van der Waals surface area contributed by atoms with Gasteiger partial charge in [0.05, 0.1) is 24.2 Å². The zero-order valence-electron chi connectivity index (χ0n) is 24.0. The van der Waals surface area contributed by atoms with Crippen LogP contribution in [0.25, 0.3) is 6.08 Å². The molecular formula is C32H38O8. The normalized spacial score (nSPS) is 38.6. The number of rotatable bonds is 6. The van der Waals surface area contributed by atoms with Crippen LogP contribution in [0.3, 0.4) is 0 Å². The summed E-state index contributed by atoms with van der Waals surface area (Å²) in [5, 5.41) is 0. The Balaban J connectivity index is 1.59. The van der Waals surface area contributed by atoms with Crippen LogP contribution in [0.4, 0.5) is 0 Å². The lowest BCUT2D eigenvalue weighted by Crippen LogP contribution is -2.52. The molecule has 1 heterocycles. The summed E-state index contributed by atoms with van der Waals surface area (Å²) in [6, 6.07) is 9.30. The highest BCUT2D eigenvalue weighted by Crippen LogP contribution is 2.67. The van der Waals surface area contributed by atoms with Crippen molar-refractivity contribution < 1.29 is 38.1 Å². The van der Waals surface area contributed by atoms with E-state index in [1.54, 1.807) is 13.0 Å². The number of epoxide rings is 1. The van der Waals surface area contributed by atoms with Crippen LogP contribution in [0.15, 0.2) is 48.1 Å². The monoisotopic (exact) mass is 550 g/mol. The molecule has 214 valence electrons. The number of esters is 3. The maximum Gasteiger partial charge on any atom is 0.331 e. The molecule has 1 aliphatic heterocycles. The maximum absolute atomic E-state index is 14.5. The van der Waals surface area contributed by atoms with Crippen molar-refractivity contribution in [2.24, 2.45) is 29.1 Å². The molecule has 0 radical (unpaired) electrons. The van der Waals surface area contributed by atoms with E-state index < -0.39 is 53.2 Å². The van der Waals surface area contributed by atoms with Gasteiger partial charge in [0.1, 0.15) is 6.10 Å². The SMILES string of the molecule is CC(=O)OC[C@H]1C[C@]2(OC(=O)/C=C/c3ccccc3)C(=O)/C(C)=C/[C@@H]3[C@H](C[C@]4(C)O[C@H]4[C@H]2[C@H]1OC(C)=O)C3(C)C. The summed E-state index contributed by atoms with van der Waals surface area (Å²) >= 11 is 0. The quantitative estimate of drug-likeness (QED) is 0.221. The summed E-state index contributed by atoms with van der Waals surface area (Å²) in [5.74, 6) is -2.86. The number of allylic oxidation sites excluding steroid dienone is 1. The Labute approximate surface area is 235 Å². The predicted octanol–water partition coefficient (Wildman–Crippen LogP) is 4.46. The van der Waals surface area contributed by atoms with E-state index >= 15 is 0 Å². The summed E-state index contributed by atoms with van der Waals surface area (Å²) in [7, 11) is 0. The predicted molar refractivity (Wildman–Crippen MR) is 146 cm³/mol. The van der Waals surface area contributed by atoms with Gasteiger partial charge in [0, 0.05) is 32.3 Å². The van der Waals surface area contributed by atoms with Gasteiger partial charge in [-0.05, 0) is 54.7 Å². The molecule has 0 aromatic heterocycles. The highest BCUT2D eigenvalue weighted by molar-refractivity contribution is 6.04. The van der Waals surface area contributed by atoms with Crippen molar-refractivity contribution in [1.29, 1.82) is 0 Å². The molecule has 0 unspecified atom stereocenters. The minimum Gasteiger partial charge on any atom is -0.465 e. The van der Waals surface area contributed by atoms with Crippen LogP contribution in [0.5, 0.6) is 0 Å². The molecular weight excluding hydrogens is 512 g/mol. The van der Waals surface area contributed by atoms with Crippen molar-refractivity contribution in [2.45, 2.75) is 77.8 Å². The number of carbonyl (C=O) groups is 4. The van der Waals surface area contributed by atoms with Crippen molar-refractivity contribution in [3.63, 3.8) is 0 Å². The number of Topliss-reactive ketones (excluding diaryl/α,β-unsaturated/α-hetero) is 1. The molecule has 1 saturated heterocycles. The summed E-state index contributed by atoms with van der Waals surface area (Å²) in [6.45, 7) is 10.7. The van der Waals surface area contributed by atoms with Gasteiger partial charge in [-0.25, -0.2) is 4.79 Å². The molecule has 3 fully saturated rings. The Morgan fingerprint density at radius 3 is 2.40 bits per heavy atom. The van der Waals surface area contributed by atoms with E-state index in [4.69, 9.17) is 18.9 Å². The second kappa shape index (κ2) is 9.98. The highest BCUT2D eigenvalue weighted by Gasteiger charge is 2.74. The molecule has 1 aromatic carbocycles. The first kappa shape index (κ1) is 28.3. The van der Waals surface area contributed by atoms with Gasteiger partial charge in [-0.2, -0.15) is 0 Å². The van der Waals surface area contributed by atoms with Crippen LogP contribution in [-0.4, -0.2) is 53.7 Å². The molecule has 0 amide bonds. The van der Waals surface area contributed by atoms with E-state index in [0.29, 0.717) is 11.5 Å². The summed E-state index contributed by atoms with van der Waals surface area (Å²) < 4.78 is 23.8. The summed E-state index contributed by atoms with van der Waals surface area (Å²) in [6.07, 6.45) is 4.40. The first-order valence-electron chi connectivity index (χ1n) is 14.0. The van der Waals surface area contributed by atoms with Gasteiger partial charge in [0.2, 0.25) is 5.78 Å². The van der Waals surface area contributed by atoms with Crippen LogP contribution in [0, 0.1) is 29.1 Å². The Morgan fingerprint density at radius 1 is 1.05 bits per heavy atom. The van der Waals surface area contributed by atoms with E-state index in [0.717, 1.165) is 12.0 Å². The largest absolute Gasteiger partial charge is 0.465 e. The standard InChI is InChI=1S/C32H38O8/c1-18-14-23-24(30(23,4)5)16-31(6)29(40-31)26-27(38-20(3)34)22(17-37-19(2)33)15-32(26,28(18)36)39-25(35)13-12-21-10-8-7-9-11-21/h7-14,22-24,26-27,29H,15-17H2,1-6H3/b13-12+,18-14+/t22-,23-,24+,26-,27+,29+,31+,32-/m1/s1. The molecule has 3 aliphatic carbocycles. The van der Waals surface area contributed by atoms with Crippen molar-refractivity contribution in [1.82, 2.24) is 0 Å². The average molecular weight is 551 g/mol. The molecule has 0 bridgehead atoms. The molecule has 8 nitrogen and oxygen atoms in total. The van der Waals surface area contributed by atoms with E-state index in [2.05, 4.69) is 13.8 Å². The van der Waals surface area contributed by atoms with Crippen molar-refractivity contribution in [3.8, 4) is 0 Å². The van der Waals surface area contributed by atoms with E-state index in [9.17, 15) is 19.2 Å². The number of hydrogen-bond donors (Lipinski definition) is 0. The number of benzene rings is 1. The zero-order chi connectivity index (χ0) is 29.0. The van der Waals surface area contributed by atoms with Crippen LogP contribution >= 0.6 is 0 Å². The van der Waals surface area contributed by atoms with Crippen LogP contribution < -0.4 is 0 Å². The first-order valence-corrected chi connectivity index (χ1v) is 14.0. The lowest BCUT2D eigenvalue weighted by atomic mass is 9.76.